The van der Waals surface area contributed by atoms with Crippen LogP contribution in [-0.2, 0) is 10.1 Å². The van der Waals surface area contributed by atoms with E-state index in [0.29, 0.717) is 5.56 Å². The van der Waals surface area contributed by atoms with Crippen LogP contribution in [0.2, 0.25) is 0 Å². The van der Waals surface area contributed by atoms with Gasteiger partial charge >= 0.3 is 51.4 Å². The van der Waals surface area contributed by atoms with Crippen LogP contribution < -0.4 is 0 Å². The summed E-state index contributed by atoms with van der Waals surface area (Å²) < 4.78 is 29.9. The molecule has 1 aromatic rings. The van der Waals surface area contributed by atoms with Gasteiger partial charge in [0.25, 0.3) is 10.1 Å². The van der Waals surface area contributed by atoms with Gasteiger partial charge in [-0.3, -0.25) is 4.55 Å². The number of hydrogen-bond acceptors (Lipinski definition) is 2. The van der Waals surface area contributed by atoms with E-state index in [0.717, 1.165) is 0 Å². The Labute approximate surface area is 114 Å². The molecule has 0 aromatic heterocycles. The molecule has 0 aliphatic rings. The minimum absolute atomic E-state index is 0. The number of aryl methyl sites for hydroxylation is 1. The van der Waals surface area contributed by atoms with Crippen molar-refractivity contribution < 1.29 is 13.0 Å². The van der Waals surface area contributed by atoms with Crippen molar-refractivity contribution in [1.82, 2.24) is 0 Å². The topological polar surface area (TPSA) is 54.4 Å². The average molecular weight is 212 g/mol. The molecule has 0 atom stereocenters. The van der Waals surface area contributed by atoms with Gasteiger partial charge in [0, 0.05) is 0 Å². The molecule has 0 heterocycles. The first-order valence-electron chi connectivity index (χ1n) is 3.05. The molecule has 0 bridgehead atoms. The summed E-state index contributed by atoms with van der Waals surface area (Å²) in [5.74, 6) is 0. The summed E-state index contributed by atoms with van der Waals surface area (Å²) in [5.41, 5.74) is 0.551. The second-order valence-corrected chi connectivity index (χ2v) is 3.63. The maximum absolute atomic E-state index is 10.6. The van der Waals surface area contributed by atoms with E-state index < -0.39 is 10.1 Å². The first kappa shape index (κ1) is 12.8. The van der Waals surface area contributed by atoms with E-state index in [9.17, 15) is 8.42 Å². The van der Waals surface area contributed by atoms with E-state index in [4.69, 9.17) is 4.55 Å². The zero-order valence-corrected chi connectivity index (χ0v) is 6.80. The van der Waals surface area contributed by atoms with Gasteiger partial charge in [-0.15, -0.1) is 0 Å². The molecule has 1 aromatic carbocycles. The van der Waals surface area contributed by atoms with Gasteiger partial charge in [-0.05, 0) is 18.6 Å². The van der Waals surface area contributed by atoms with E-state index in [1.807, 2.05) is 0 Å². The van der Waals surface area contributed by atoms with Crippen LogP contribution in [0.5, 0.6) is 0 Å². The fraction of sp³-hybridized carbons (Fsp3) is 0.143. The Kier molecular flexibility index (Phi) is 5.16. The molecule has 1 rings (SSSR count). The van der Waals surface area contributed by atoms with Crippen molar-refractivity contribution in [3.05, 3.63) is 29.8 Å². The molecule has 62 valence electrons. The minimum atomic E-state index is -4.03. The Hall–Kier alpha value is 0.766. The van der Waals surface area contributed by atoms with Crippen LogP contribution in [0.25, 0.3) is 0 Å². The molecule has 0 amide bonds. The Morgan fingerprint density at radius 1 is 1.25 bits per heavy atom. The Morgan fingerprint density at radius 3 is 2.08 bits per heavy atom. The van der Waals surface area contributed by atoms with Gasteiger partial charge in [-0.1, -0.05) is 18.2 Å². The van der Waals surface area contributed by atoms with Crippen LogP contribution in [0.1, 0.15) is 5.56 Å². The van der Waals surface area contributed by atoms with Crippen LogP contribution in [0, 0.1) is 6.92 Å². The van der Waals surface area contributed by atoms with Gasteiger partial charge in [0.15, 0.2) is 0 Å². The molecule has 5 heteroatoms. The van der Waals surface area contributed by atoms with Gasteiger partial charge < -0.3 is 0 Å². The summed E-state index contributed by atoms with van der Waals surface area (Å²) in [6.07, 6.45) is 0. The zero-order chi connectivity index (χ0) is 8.48. The van der Waals surface area contributed by atoms with Gasteiger partial charge in [0.05, 0.1) is 4.90 Å². The Morgan fingerprint density at radius 2 is 1.75 bits per heavy atom. The fourth-order valence-electron chi connectivity index (χ4n) is 0.846. The predicted molar refractivity (Wildman–Crippen MR) is 48.1 cm³/mol. The molecule has 0 radical (unpaired) electrons. The van der Waals surface area contributed by atoms with Crippen LogP contribution in [-0.4, -0.2) is 64.4 Å². The van der Waals surface area contributed by atoms with E-state index >= 15 is 0 Å². The molecular formula is C7H9KO3S. The van der Waals surface area contributed by atoms with Gasteiger partial charge in [0.2, 0.25) is 0 Å². The van der Waals surface area contributed by atoms with E-state index in [-0.39, 0.29) is 56.3 Å². The van der Waals surface area contributed by atoms with Crippen LogP contribution in [0.3, 0.4) is 0 Å². The van der Waals surface area contributed by atoms with Crippen LogP contribution >= 0.6 is 0 Å². The van der Waals surface area contributed by atoms with Crippen molar-refractivity contribution in [2.24, 2.45) is 0 Å². The predicted octanol–water partition coefficient (Wildman–Crippen LogP) is 0.593. The molecule has 3 nitrogen and oxygen atoms in total. The van der Waals surface area contributed by atoms with Gasteiger partial charge in [0.1, 0.15) is 0 Å². The molecular weight excluding hydrogens is 203 g/mol. The summed E-state index contributed by atoms with van der Waals surface area (Å²) in [5, 5.41) is 0. The first-order chi connectivity index (χ1) is 5.02. The van der Waals surface area contributed by atoms with Gasteiger partial charge in [-0.2, -0.15) is 8.42 Å². The molecule has 0 aliphatic carbocycles. The summed E-state index contributed by atoms with van der Waals surface area (Å²) in [7, 11) is -4.03. The Bertz CT molecular complexity index is 359. The molecule has 0 aliphatic heterocycles. The summed E-state index contributed by atoms with van der Waals surface area (Å²) in [6.45, 7) is 1.63. The number of rotatable bonds is 1. The Balaban J connectivity index is 0.00000121. The molecule has 0 saturated carbocycles. The third kappa shape index (κ3) is 3.25. The summed E-state index contributed by atoms with van der Waals surface area (Å²) >= 11 is 0. The van der Waals surface area contributed by atoms with Crippen molar-refractivity contribution in [2.75, 3.05) is 0 Å². The first-order valence-corrected chi connectivity index (χ1v) is 4.49. The van der Waals surface area contributed by atoms with E-state index in [1.54, 1.807) is 25.1 Å². The number of benzene rings is 1. The number of hydrogen-bond donors (Lipinski definition) is 1. The van der Waals surface area contributed by atoms with Gasteiger partial charge in [-0.25, -0.2) is 0 Å². The van der Waals surface area contributed by atoms with E-state index in [2.05, 4.69) is 0 Å². The SMILES string of the molecule is Cc1ccccc1S(=O)(=O)O.[KH]. The maximum atomic E-state index is 10.6. The molecule has 1 N–H and O–H groups in total. The van der Waals surface area contributed by atoms with Crippen LogP contribution in [0.15, 0.2) is 29.2 Å². The normalized spacial score (nSPS) is 10.5. The second kappa shape index (κ2) is 4.85. The summed E-state index contributed by atoms with van der Waals surface area (Å²) in [4.78, 5) is -0.0278. The standard InChI is InChI=1S/C7H8O3S.K.H/c1-6-4-2-3-5-7(6)11(8,9)10;;/h2-5H,1H3,(H,8,9,10);;. The quantitative estimate of drug-likeness (QED) is 0.547. The molecule has 12 heavy (non-hydrogen) atoms. The van der Waals surface area contributed by atoms with Crippen molar-refractivity contribution in [3.63, 3.8) is 0 Å². The van der Waals surface area contributed by atoms with Crippen LogP contribution in [0.4, 0.5) is 0 Å². The molecule has 0 unspecified atom stereocenters. The monoisotopic (exact) mass is 212 g/mol. The van der Waals surface area contributed by atoms with Crippen molar-refractivity contribution in [2.45, 2.75) is 11.8 Å². The summed E-state index contributed by atoms with van der Waals surface area (Å²) in [6, 6.07) is 6.27. The van der Waals surface area contributed by atoms with Crippen molar-refractivity contribution >= 4 is 61.5 Å². The average Bonchev–Trinajstić information content (AvgIpc) is 1.86. The molecule has 0 fully saturated rings. The fourth-order valence-corrected chi connectivity index (χ4v) is 1.57. The van der Waals surface area contributed by atoms with Crippen molar-refractivity contribution in [3.8, 4) is 0 Å². The zero-order valence-electron chi connectivity index (χ0n) is 5.98. The third-order valence-corrected chi connectivity index (χ3v) is 2.39. The molecule has 0 saturated heterocycles. The second-order valence-electron chi connectivity index (χ2n) is 2.24. The molecule has 0 spiro atoms. The van der Waals surface area contributed by atoms with Crippen molar-refractivity contribution in [1.29, 1.82) is 0 Å². The van der Waals surface area contributed by atoms with E-state index in [1.165, 1.54) is 6.07 Å². The third-order valence-electron chi connectivity index (χ3n) is 1.37.